The lowest BCUT2D eigenvalue weighted by Crippen LogP contribution is -2.40. The van der Waals surface area contributed by atoms with Crippen molar-refractivity contribution in [3.63, 3.8) is 0 Å². The van der Waals surface area contributed by atoms with Crippen molar-refractivity contribution in [3.8, 4) is 0 Å². The number of fused-ring (bicyclic) bond motifs is 1. The second-order valence-corrected chi connectivity index (χ2v) is 5.21. The van der Waals surface area contributed by atoms with Gasteiger partial charge in [0.25, 0.3) is 11.8 Å². The van der Waals surface area contributed by atoms with Gasteiger partial charge in [0.1, 0.15) is 11.0 Å². The van der Waals surface area contributed by atoms with Gasteiger partial charge in [-0.3, -0.25) is 14.5 Å². The summed E-state index contributed by atoms with van der Waals surface area (Å²) < 4.78 is 0. The highest BCUT2D eigenvalue weighted by atomic mass is 32.1. The zero-order chi connectivity index (χ0) is 15.0. The predicted octanol–water partition coefficient (Wildman–Crippen LogP) is 2.31. The molecule has 0 aromatic heterocycles. The molecule has 0 radical (unpaired) electrons. The Bertz CT molecular complexity index is 708. The number of hydrogen-bond acceptors (Lipinski definition) is 3. The summed E-state index contributed by atoms with van der Waals surface area (Å²) in [5.74, 6) is -0.727. The molecule has 0 saturated carbocycles. The summed E-state index contributed by atoms with van der Waals surface area (Å²) in [5.41, 5.74) is 7.29. The Balaban J connectivity index is 2.09. The van der Waals surface area contributed by atoms with E-state index in [0.717, 1.165) is 10.5 Å². The van der Waals surface area contributed by atoms with Crippen LogP contribution in [0.2, 0.25) is 0 Å². The fraction of sp³-hybridized carbons (Fsp3) is 0.0625. The quantitative estimate of drug-likeness (QED) is 0.697. The predicted molar refractivity (Wildman–Crippen MR) is 82.9 cm³/mol. The van der Waals surface area contributed by atoms with Crippen LogP contribution in [0, 0.1) is 0 Å². The number of carbonyl (C=O) groups excluding carboxylic acids is 2. The third-order valence-corrected chi connectivity index (χ3v) is 3.69. The summed E-state index contributed by atoms with van der Waals surface area (Å²) in [6.45, 7) is 0. The summed E-state index contributed by atoms with van der Waals surface area (Å²) >= 11 is 5.08. The summed E-state index contributed by atoms with van der Waals surface area (Å²) in [6.07, 6.45) is 0. The Morgan fingerprint density at radius 1 is 0.905 bits per heavy atom. The number of thiocarbonyl (C=S) groups is 1. The normalized spacial score (nSPS) is 15.0. The van der Waals surface area contributed by atoms with E-state index in [1.165, 1.54) is 0 Å². The van der Waals surface area contributed by atoms with Gasteiger partial charge in [-0.1, -0.05) is 54.7 Å². The van der Waals surface area contributed by atoms with Crippen LogP contribution in [0.1, 0.15) is 32.3 Å². The third kappa shape index (κ3) is 2.11. The van der Waals surface area contributed by atoms with Crippen LogP contribution in [0.3, 0.4) is 0 Å². The number of rotatable bonds is 3. The first-order valence-corrected chi connectivity index (χ1v) is 6.83. The van der Waals surface area contributed by atoms with E-state index in [9.17, 15) is 9.59 Å². The fourth-order valence-electron chi connectivity index (χ4n) is 2.52. The van der Waals surface area contributed by atoms with E-state index in [0.29, 0.717) is 11.1 Å². The molecule has 0 bridgehead atoms. The molecule has 1 aliphatic rings. The highest BCUT2D eigenvalue weighted by Gasteiger charge is 2.41. The molecule has 3 rings (SSSR count). The van der Waals surface area contributed by atoms with Crippen molar-refractivity contribution in [2.24, 2.45) is 5.73 Å². The van der Waals surface area contributed by atoms with Crippen molar-refractivity contribution >= 4 is 29.0 Å². The van der Waals surface area contributed by atoms with Crippen molar-refractivity contribution in [1.82, 2.24) is 4.90 Å². The van der Waals surface area contributed by atoms with Gasteiger partial charge in [-0.2, -0.15) is 0 Å². The van der Waals surface area contributed by atoms with Gasteiger partial charge in [-0.05, 0) is 17.7 Å². The second-order valence-electron chi connectivity index (χ2n) is 4.74. The Kier molecular flexibility index (Phi) is 3.27. The van der Waals surface area contributed by atoms with Gasteiger partial charge in [0.15, 0.2) is 0 Å². The zero-order valence-electron chi connectivity index (χ0n) is 11.0. The van der Waals surface area contributed by atoms with Gasteiger partial charge >= 0.3 is 0 Å². The lowest BCUT2D eigenvalue weighted by Gasteiger charge is -2.25. The second kappa shape index (κ2) is 5.10. The van der Waals surface area contributed by atoms with Gasteiger partial charge in [0, 0.05) is 0 Å². The van der Waals surface area contributed by atoms with E-state index < -0.39 is 6.04 Å². The van der Waals surface area contributed by atoms with E-state index in [-0.39, 0.29) is 16.8 Å². The molecule has 1 aliphatic heterocycles. The van der Waals surface area contributed by atoms with E-state index in [2.05, 4.69) is 0 Å². The monoisotopic (exact) mass is 296 g/mol. The van der Waals surface area contributed by atoms with Gasteiger partial charge in [0.2, 0.25) is 0 Å². The molecule has 5 heteroatoms. The number of nitrogens with zero attached hydrogens (tertiary/aromatic N) is 1. The Hall–Kier alpha value is -2.53. The van der Waals surface area contributed by atoms with Crippen LogP contribution in [0.5, 0.6) is 0 Å². The van der Waals surface area contributed by atoms with Crippen molar-refractivity contribution < 1.29 is 9.59 Å². The van der Waals surface area contributed by atoms with Crippen molar-refractivity contribution in [1.29, 1.82) is 0 Å². The summed E-state index contributed by atoms with van der Waals surface area (Å²) in [4.78, 5) is 26.3. The molecule has 0 aliphatic carbocycles. The minimum absolute atomic E-state index is 0.0932. The molecule has 21 heavy (non-hydrogen) atoms. The molecule has 2 aromatic carbocycles. The Morgan fingerprint density at radius 2 is 1.38 bits per heavy atom. The van der Waals surface area contributed by atoms with Crippen LogP contribution in [0.15, 0.2) is 54.6 Å². The highest BCUT2D eigenvalue weighted by molar-refractivity contribution is 7.80. The highest BCUT2D eigenvalue weighted by Crippen LogP contribution is 2.31. The maximum Gasteiger partial charge on any atom is 0.262 e. The average molecular weight is 296 g/mol. The summed E-state index contributed by atoms with van der Waals surface area (Å²) in [6, 6.07) is 15.1. The standard InChI is InChI=1S/C16H12N2O2S/c17-14(21)13(10-6-2-1-3-7-10)18-15(19)11-8-4-5-9-12(11)16(18)20/h1-9,13H,(H2,17,21). The molecule has 1 atom stereocenters. The van der Waals surface area contributed by atoms with Crippen LogP contribution >= 0.6 is 12.2 Å². The van der Waals surface area contributed by atoms with Crippen molar-refractivity contribution in [3.05, 3.63) is 71.3 Å². The van der Waals surface area contributed by atoms with Gasteiger partial charge < -0.3 is 5.73 Å². The van der Waals surface area contributed by atoms with Crippen LogP contribution in [0.25, 0.3) is 0 Å². The van der Waals surface area contributed by atoms with Crippen LogP contribution in [0.4, 0.5) is 0 Å². The molecule has 104 valence electrons. The lowest BCUT2D eigenvalue weighted by molar-refractivity contribution is 0.0625. The number of hydrogen-bond donors (Lipinski definition) is 1. The molecule has 4 nitrogen and oxygen atoms in total. The number of amides is 2. The molecule has 1 unspecified atom stereocenters. The molecule has 2 amide bonds. The SMILES string of the molecule is NC(=S)C(c1ccccc1)N1C(=O)c2ccccc2C1=O. The zero-order valence-corrected chi connectivity index (χ0v) is 11.8. The van der Waals surface area contributed by atoms with E-state index in [4.69, 9.17) is 18.0 Å². The molecule has 0 spiro atoms. The minimum Gasteiger partial charge on any atom is -0.391 e. The number of carbonyl (C=O) groups is 2. The van der Waals surface area contributed by atoms with Crippen LogP contribution in [-0.2, 0) is 0 Å². The first-order chi connectivity index (χ1) is 10.1. The molecule has 2 N–H and O–H groups in total. The number of benzene rings is 2. The topological polar surface area (TPSA) is 63.4 Å². The van der Waals surface area contributed by atoms with Crippen molar-refractivity contribution in [2.45, 2.75) is 6.04 Å². The first-order valence-electron chi connectivity index (χ1n) is 6.42. The summed E-state index contributed by atoms with van der Waals surface area (Å²) in [5, 5.41) is 0. The molecular weight excluding hydrogens is 284 g/mol. The molecule has 2 aromatic rings. The molecule has 0 saturated heterocycles. The lowest BCUT2D eigenvalue weighted by atomic mass is 10.1. The largest absolute Gasteiger partial charge is 0.391 e. The Morgan fingerprint density at radius 3 is 1.86 bits per heavy atom. The third-order valence-electron chi connectivity index (χ3n) is 3.47. The van der Waals surface area contributed by atoms with Crippen molar-refractivity contribution in [2.75, 3.05) is 0 Å². The van der Waals surface area contributed by atoms with Gasteiger partial charge in [-0.25, -0.2) is 0 Å². The number of nitrogens with two attached hydrogens (primary N) is 1. The molecule has 0 fully saturated rings. The van der Waals surface area contributed by atoms with Crippen LogP contribution < -0.4 is 5.73 Å². The number of imide groups is 1. The Labute approximate surface area is 127 Å². The maximum atomic E-state index is 12.5. The fourth-order valence-corrected chi connectivity index (χ4v) is 2.76. The van der Waals surface area contributed by atoms with E-state index >= 15 is 0 Å². The van der Waals surface area contributed by atoms with E-state index in [1.807, 2.05) is 18.2 Å². The van der Waals surface area contributed by atoms with Gasteiger partial charge in [0.05, 0.1) is 11.1 Å². The summed E-state index contributed by atoms with van der Waals surface area (Å²) in [7, 11) is 0. The maximum absolute atomic E-state index is 12.5. The van der Waals surface area contributed by atoms with Gasteiger partial charge in [-0.15, -0.1) is 0 Å². The first kappa shape index (κ1) is 13.5. The van der Waals surface area contributed by atoms with E-state index in [1.54, 1.807) is 36.4 Å². The molecule has 1 heterocycles. The average Bonchev–Trinajstić information content (AvgIpc) is 2.74. The van der Waals surface area contributed by atoms with Crippen LogP contribution in [-0.4, -0.2) is 21.7 Å². The minimum atomic E-state index is -0.728. The smallest absolute Gasteiger partial charge is 0.262 e. The molecular formula is C16H12N2O2S.